The van der Waals surface area contributed by atoms with Crippen molar-refractivity contribution < 1.29 is 19.4 Å². The average molecular weight is 279 g/mol. The summed E-state index contributed by atoms with van der Waals surface area (Å²) in [6.07, 6.45) is -0.0394. The Balaban J connectivity index is 2.52. The van der Waals surface area contributed by atoms with Crippen LogP contribution in [0.15, 0.2) is 24.3 Å². The number of ether oxygens (including phenoxy) is 1. The molecule has 0 radical (unpaired) electrons. The lowest BCUT2D eigenvalue weighted by Crippen LogP contribution is -2.26. The van der Waals surface area contributed by atoms with Gasteiger partial charge in [0.1, 0.15) is 5.75 Å². The minimum Gasteiger partial charge on any atom is -0.491 e. The number of rotatable bonds is 7. The van der Waals surface area contributed by atoms with Gasteiger partial charge in [-0.25, -0.2) is 0 Å². The summed E-state index contributed by atoms with van der Waals surface area (Å²) in [6.45, 7) is 5.77. The number of benzene rings is 1. The fourth-order valence-corrected chi connectivity index (χ4v) is 1.72. The molecular weight excluding hydrogens is 258 g/mol. The van der Waals surface area contributed by atoms with Crippen LogP contribution in [-0.4, -0.2) is 23.1 Å². The number of carboxylic acid groups (broad SMARTS) is 1. The second-order valence-electron chi connectivity index (χ2n) is 4.92. The monoisotopic (exact) mass is 279 g/mol. The van der Waals surface area contributed by atoms with Crippen LogP contribution in [0.2, 0.25) is 0 Å². The molecule has 1 aromatic rings. The summed E-state index contributed by atoms with van der Waals surface area (Å²) in [7, 11) is 0. The zero-order valence-corrected chi connectivity index (χ0v) is 12.1. The molecule has 0 spiro atoms. The van der Waals surface area contributed by atoms with Crippen LogP contribution in [0, 0.1) is 0 Å². The summed E-state index contributed by atoms with van der Waals surface area (Å²) in [5.41, 5.74) is 0.949. The molecule has 1 rings (SSSR count). The van der Waals surface area contributed by atoms with Gasteiger partial charge >= 0.3 is 5.97 Å². The Labute approximate surface area is 118 Å². The Hall–Kier alpha value is -2.04. The quantitative estimate of drug-likeness (QED) is 0.804. The number of carboxylic acids is 1. The van der Waals surface area contributed by atoms with Gasteiger partial charge in [-0.3, -0.25) is 9.59 Å². The Morgan fingerprint density at radius 3 is 2.25 bits per heavy atom. The second-order valence-corrected chi connectivity index (χ2v) is 4.92. The molecule has 0 aliphatic rings. The van der Waals surface area contributed by atoms with E-state index in [9.17, 15) is 9.59 Å². The Kier molecular flexibility index (Phi) is 6.03. The molecule has 0 saturated carbocycles. The van der Waals surface area contributed by atoms with E-state index in [4.69, 9.17) is 9.84 Å². The van der Waals surface area contributed by atoms with Crippen LogP contribution in [0.5, 0.6) is 5.75 Å². The molecule has 20 heavy (non-hydrogen) atoms. The minimum atomic E-state index is -0.969. The molecule has 0 heterocycles. The maximum atomic E-state index is 11.5. The van der Waals surface area contributed by atoms with Crippen molar-refractivity contribution >= 4 is 11.9 Å². The van der Waals surface area contributed by atoms with Crippen molar-refractivity contribution in [2.45, 2.75) is 45.8 Å². The fraction of sp³-hybridized carbons (Fsp3) is 0.467. The topological polar surface area (TPSA) is 75.6 Å². The van der Waals surface area contributed by atoms with Gasteiger partial charge < -0.3 is 15.2 Å². The van der Waals surface area contributed by atoms with E-state index in [0.717, 1.165) is 11.3 Å². The molecule has 0 aliphatic heterocycles. The first-order chi connectivity index (χ1) is 9.38. The molecule has 5 heteroatoms. The number of amides is 1. The molecular formula is C15H21NO4. The predicted octanol–water partition coefficient (Wildman–Crippen LogP) is 2.52. The molecule has 5 nitrogen and oxygen atoms in total. The van der Waals surface area contributed by atoms with Crippen molar-refractivity contribution in [2.24, 2.45) is 0 Å². The Morgan fingerprint density at radius 2 is 1.75 bits per heavy atom. The van der Waals surface area contributed by atoms with Crippen molar-refractivity contribution in [1.29, 1.82) is 0 Å². The van der Waals surface area contributed by atoms with Gasteiger partial charge in [-0.15, -0.1) is 0 Å². The SMILES string of the molecule is CC(C)Oc1ccc(C(C)NC(=O)CCC(=O)O)cc1. The molecule has 1 atom stereocenters. The molecule has 0 aliphatic carbocycles. The van der Waals surface area contributed by atoms with Crippen LogP contribution < -0.4 is 10.1 Å². The number of carbonyl (C=O) groups is 2. The van der Waals surface area contributed by atoms with Crippen molar-refractivity contribution in [3.8, 4) is 5.75 Å². The molecule has 0 aromatic heterocycles. The molecule has 1 amide bonds. The highest BCUT2D eigenvalue weighted by Gasteiger charge is 2.11. The zero-order valence-electron chi connectivity index (χ0n) is 12.1. The third kappa shape index (κ3) is 5.73. The van der Waals surface area contributed by atoms with E-state index in [0.29, 0.717) is 0 Å². The molecule has 1 aromatic carbocycles. The summed E-state index contributed by atoms with van der Waals surface area (Å²) in [4.78, 5) is 21.9. The lowest BCUT2D eigenvalue weighted by atomic mass is 10.1. The van der Waals surface area contributed by atoms with E-state index < -0.39 is 5.97 Å². The van der Waals surface area contributed by atoms with Crippen LogP contribution in [-0.2, 0) is 9.59 Å². The fourth-order valence-electron chi connectivity index (χ4n) is 1.72. The molecule has 110 valence electrons. The van der Waals surface area contributed by atoms with E-state index in [1.54, 1.807) is 0 Å². The normalized spacial score (nSPS) is 12.0. The highest BCUT2D eigenvalue weighted by molar-refractivity contribution is 5.80. The summed E-state index contributed by atoms with van der Waals surface area (Å²) < 4.78 is 5.54. The van der Waals surface area contributed by atoms with Gasteiger partial charge in [-0.05, 0) is 38.5 Å². The predicted molar refractivity (Wildman–Crippen MR) is 75.6 cm³/mol. The standard InChI is InChI=1S/C15H21NO4/c1-10(2)20-13-6-4-12(5-7-13)11(3)16-14(17)8-9-15(18)19/h4-7,10-11H,8-9H2,1-3H3,(H,16,17)(H,18,19). The first-order valence-electron chi connectivity index (χ1n) is 6.66. The summed E-state index contributed by atoms with van der Waals surface area (Å²) in [6, 6.07) is 7.33. The van der Waals surface area contributed by atoms with Crippen LogP contribution in [0.3, 0.4) is 0 Å². The van der Waals surface area contributed by atoms with E-state index in [1.165, 1.54) is 0 Å². The van der Waals surface area contributed by atoms with Crippen molar-refractivity contribution in [1.82, 2.24) is 5.32 Å². The maximum Gasteiger partial charge on any atom is 0.303 e. The van der Waals surface area contributed by atoms with E-state index in [2.05, 4.69) is 5.32 Å². The number of nitrogens with one attached hydrogen (secondary N) is 1. The largest absolute Gasteiger partial charge is 0.491 e. The van der Waals surface area contributed by atoms with Gasteiger partial charge in [0.05, 0.1) is 18.6 Å². The van der Waals surface area contributed by atoms with Crippen molar-refractivity contribution in [2.75, 3.05) is 0 Å². The summed E-state index contributed by atoms with van der Waals surface area (Å²) in [5.74, 6) is -0.446. The van der Waals surface area contributed by atoms with E-state index in [-0.39, 0.29) is 30.9 Å². The number of hydrogen-bond acceptors (Lipinski definition) is 3. The number of hydrogen-bond donors (Lipinski definition) is 2. The lowest BCUT2D eigenvalue weighted by Gasteiger charge is -2.15. The average Bonchev–Trinajstić information content (AvgIpc) is 2.36. The van der Waals surface area contributed by atoms with Gasteiger partial charge in [-0.1, -0.05) is 12.1 Å². The lowest BCUT2D eigenvalue weighted by molar-refractivity contribution is -0.138. The van der Waals surface area contributed by atoms with Crippen LogP contribution in [0.25, 0.3) is 0 Å². The van der Waals surface area contributed by atoms with Crippen LogP contribution in [0.1, 0.15) is 45.2 Å². The summed E-state index contributed by atoms with van der Waals surface area (Å²) >= 11 is 0. The first-order valence-corrected chi connectivity index (χ1v) is 6.66. The minimum absolute atomic E-state index is 0.00574. The summed E-state index contributed by atoms with van der Waals surface area (Å²) in [5, 5.41) is 11.3. The third-order valence-electron chi connectivity index (χ3n) is 2.70. The molecule has 0 bridgehead atoms. The first kappa shape index (κ1) is 16.0. The van der Waals surface area contributed by atoms with Gasteiger partial charge in [0.25, 0.3) is 0 Å². The third-order valence-corrected chi connectivity index (χ3v) is 2.70. The Bertz CT molecular complexity index is 453. The molecule has 0 fully saturated rings. The van der Waals surface area contributed by atoms with Crippen molar-refractivity contribution in [3.05, 3.63) is 29.8 Å². The highest BCUT2D eigenvalue weighted by Crippen LogP contribution is 2.18. The highest BCUT2D eigenvalue weighted by atomic mass is 16.5. The smallest absolute Gasteiger partial charge is 0.303 e. The van der Waals surface area contributed by atoms with Gasteiger partial charge in [0.15, 0.2) is 0 Å². The second kappa shape index (κ2) is 7.53. The van der Waals surface area contributed by atoms with Gasteiger partial charge in [0.2, 0.25) is 5.91 Å². The maximum absolute atomic E-state index is 11.5. The van der Waals surface area contributed by atoms with Gasteiger partial charge in [-0.2, -0.15) is 0 Å². The van der Waals surface area contributed by atoms with Crippen LogP contribution in [0.4, 0.5) is 0 Å². The molecule has 2 N–H and O–H groups in total. The molecule has 1 unspecified atom stereocenters. The van der Waals surface area contributed by atoms with Crippen LogP contribution >= 0.6 is 0 Å². The van der Waals surface area contributed by atoms with Crippen molar-refractivity contribution in [3.63, 3.8) is 0 Å². The van der Waals surface area contributed by atoms with E-state index in [1.807, 2.05) is 45.0 Å². The Morgan fingerprint density at radius 1 is 1.15 bits per heavy atom. The van der Waals surface area contributed by atoms with E-state index >= 15 is 0 Å². The van der Waals surface area contributed by atoms with Gasteiger partial charge in [0, 0.05) is 6.42 Å². The zero-order chi connectivity index (χ0) is 15.1. The number of carbonyl (C=O) groups excluding carboxylic acids is 1. The molecule has 0 saturated heterocycles. The number of aliphatic carboxylic acids is 1.